The largest absolute Gasteiger partial charge is 0.482 e. The second-order valence-corrected chi connectivity index (χ2v) is 5.95. The van der Waals surface area contributed by atoms with E-state index >= 15 is 0 Å². The Morgan fingerprint density at radius 3 is 2.42 bits per heavy atom. The molecular weight excluding hydrogens is 328 g/mol. The molecule has 0 aromatic heterocycles. The summed E-state index contributed by atoms with van der Waals surface area (Å²) >= 11 is 0. The molecule has 0 bridgehead atoms. The molecule has 0 spiro atoms. The van der Waals surface area contributed by atoms with Gasteiger partial charge in [0.05, 0.1) is 5.69 Å². The van der Waals surface area contributed by atoms with Gasteiger partial charge in [-0.1, -0.05) is 42.5 Å². The molecule has 3 aromatic rings. The second-order valence-electron chi connectivity index (χ2n) is 5.95. The van der Waals surface area contributed by atoms with Crippen LogP contribution in [0.3, 0.4) is 0 Å². The van der Waals surface area contributed by atoms with Crippen molar-refractivity contribution in [2.75, 3.05) is 17.2 Å². The third-order valence-electron chi connectivity index (χ3n) is 4.12. The van der Waals surface area contributed by atoms with Crippen LogP contribution in [0.4, 0.5) is 11.4 Å². The molecule has 5 nitrogen and oxygen atoms in total. The maximum atomic E-state index is 12.5. The first-order valence-corrected chi connectivity index (χ1v) is 8.22. The van der Waals surface area contributed by atoms with E-state index in [0.29, 0.717) is 22.7 Å². The third kappa shape index (κ3) is 3.28. The molecular formula is C21H16N2O3. The molecule has 5 heteroatoms. The molecule has 0 unspecified atom stereocenters. The normalized spacial score (nSPS) is 12.5. The van der Waals surface area contributed by atoms with Crippen LogP contribution in [0.1, 0.15) is 10.4 Å². The molecule has 0 aliphatic carbocycles. The third-order valence-corrected chi connectivity index (χ3v) is 4.12. The Labute approximate surface area is 150 Å². The van der Waals surface area contributed by atoms with E-state index in [4.69, 9.17) is 4.74 Å². The monoisotopic (exact) mass is 344 g/mol. The lowest BCUT2D eigenvalue weighted by molar-refractivity contribution is -0.118. The Hall–Kier alpha value is -3.60. The standard InChI is InChI=1S/C21H16N2O3/c24-20-13-26-19-11-10-17(12-18(19)23-20)22-21(25)16-8-6-15(7-9-16)14-4-2-1-3-5-14/h1-12H,13H2,(H,22,25)(H,23,24). The van der Waals surface area contributed by atoms with Gasteiger partial charge < -0.3 is 15.4 Å². The van der Waals surface area contributed by atoms with Crippen LogP contribution >= 0.6 is 0 Å². The Morgan fingerprint density at radius 1 is 0.923 bits per heavy atom. The maximum absolute atomic E-state index is 12.5. The average molecular weight is 344 g/mol. The van der Waals surface area contributed by atoms with Crippen molar-refractivity contribution in [3.63, 3.8) is 0 Å². The number of nitrogens with one attached hydrogen (secondary N) is 2. The van der Waals surface area contributed by atoms with Crippen LogP contribution in [-0.4, -0.2) is 18.4 Å². The van der Waals surface area contributed by atoms with Gasteiger partial charge in [0, 0.05) is 11.3 Å². The summed E-state index contributed by atoms with van der Waals surface area (Å²) in [4.78, 5) is 23.9. The van der Waals surface area contributed by atoms with Crippen molar-refractivity contribution in [1.82, 2.24) is 0 Å². The van der Waals surface area contributed by atoms with Crippen LogP contribution in [-0.2, 0) is 4.79 Å². The first-order chi connectivity index (χ1) is 12.7. The summed E-state index contributed by atoms with van der Waals surface area (Å²) in [6, 6.07) is 22.6. The summed E-state index contributed by atoms with van der Waals surface area (Å²) < 4.78 is 5.31. The van der Waals surface area contributed by atoms with Gasteiger partial charge in [0.1, 0.15) is 5.75 Å². The molecule has 128 valence electrons. The lowest BCUT2D eigenvalue weighted by Crippen LogP contribution is -2.25. The summed E-state index contributed by atoms with van der Waals surface area (Å²) in [5, 5.41) is 5.56. The van der Waals surface area contributed by atoms with Gasteiger partial charge in [0.25, 0.3) is 11.8 Å². The maximum Gasteiger partial charge on any atom is 0.262 e. The first-order valence-electron chi connectivity index (χ1n) is 8.22. The highest BCUT2D eigenvalue weighted by Crippen LogP contribution is 2.30. The summed E-state index contributed by atoms with van der Waals surface area (Å²) in [5.41, 5.74) is 3.86. The highest BCUT2D eigenvalue weighted by molar-refractivity contribution is 6.05. The molecule has 0 fully saturated rings. The summed E-state index contributed by atoms with van der Waals surface area (Å²) in [6.07, 6.45) is 0. The van der Waals surface area contributed by atoms with Crippen molar-refractivity contribution >= 4 is 23.2 Å². The van der Waals surface area contributed by atoms with E-state index in [1.54, 1.807) is 30.3 Å². The number of carbonyl (C=O) groups is 2. The molecule has 1 aliphatic rings. The quantitative estimate of drug-likeness (QED) is 0.756. The lowest BCUT2D eigenvalue weighted by atomic mass is 10.0. The highest BCUT2D eigenvalue weighted by Gasteiger charge is 2.16. The first kappa shape index (κ1) is 15.9. The molecule has 3 aromatic carbocycles. The minimum atomic E-state index is -0.215. The zero-order valence-corrected chi connectivity index (χ0v) is 13.9. The highest BCUT2D eigenvalue weighted by atomic mass is 16.5. The molecule has 0 radical (unpaired) electrons. The zero-order chi connectivity index (χ0) is 17.9. The Morgan fingerprint density at radius 2 is 1.65 bits per heavy atom. The molecule has 4 rings (SSSR count). The van der Waals surface area contributed by atoms with E-state index in [2.05, 4.69) is 10.6 Å². The molecule has 1 heterocycles. The van der Waals surface area contributed by atoms with E-state index in [0.717, 1.165) is 11.1 Å². The summed E-state index contributed by atoms with van der Waals surface area (Å²) in [7, 11) is 0. The number of amides is 2. The fourth-order valence-electron chi connectivity index (χ4n) is 2.81. The van der Waals surface area contributed by atoms with Crippen LogP contribution in [0.15, 0.2) is 72.8 Å². The number of anilines is 2. The van der Waals surface area contributed by atoms with Gasteiger partial charge in [0.15, 0.2) is 6.61 Å². The fraction of sp³-hybridized carbons (Fsp3) is 0.0476. The zero-order valence-electron chi connectivity index (χ0n) is 13.9. The Balaban J connectivity index is 1.50. The topological polar surface area (TPSA) is 67.4 Å². The second kappa shape index (κ2) is 6.72. The van der Waals surface area contributed by atoms with Crippen molar-refractivity contribution in [1.29, 1.82) is 0 Å². The lowest BCUT2D eigenvalue weighted by Gasteiger charge is -2.18. The van der Waals surface area contributed by atoms with Gasteiger partial charge in [-0.05, 0) is 41.5 Å². The predicted molar refractivity (Wildman–Crippen MR) is 100 cm³/mol. The summed E-state index contributed by atoms with van der Waals surface area (Å²) in [6.45, 7) is 0.00642. The minimum absolute atomic E-state index is 0.00642. The van der Waals surface area contributed by atoms with Gasteiger partial charge in [-0.25, -0.2) is 0 Å². The Kier molecular flexibility index (Phi) is 4.11. The van der Waals surface area contributed by atoms with Gasteiger partial charge in [-0.15, -0.1) is 0 Å². The average Bonchev–Trinajstić information content (AvgIpc) is 2.68. The fourth-order valence-corrected chi connectivity index (χ4v) is 2.81. The van der Waals surface area contributed by atoms with Crippen molar-refractivity contribution < 1.29 is 14.3 Å². The number of rotatable bonds is 3. The van der Waals surface area contributed by atoms with Crippen LogP contribution < -0.4 is 15.4 Å². The van der Waals surface area contributed by atoms with Crippen LogP contribution in [0.25, 0.3) is 11.1 Å². The molecule has 2 N–H and O–H groups in total. The van der Waals surface area contributed by atoms with Crippen LogP contribution in [0, 0.1) is 0 Å². The van der Waals surface area contributed by atoms with Crippen LogP contribution in [0.5, 0.6) is 5.75 Å². The molecule has 26 heavy (non-hydrogen) atoms. The predicted octanol–water partition coefficient (Wildman–Crippen LogP) is 3.94. The van der Waals surface area contributed by atoms with E-state index < -0.39 is 0 Å². The molecule has 0 atom stereocenters. The smallest absolute Gasteiger partial charge is 0.262 e. The SMILES string of the molecule is O=C1COc2ccc(NC(=O)c3ccc(-c4ccccc4)cc3)cc2N1. The van der Waals surface area contributed by atoms with Crippen molar-refractivity contribution in [3.8, 4) is 16.9 Å². The van der Waals surface area contributed by atoms with Gasteiger partial charge in [-0.2, -0.15) is 0 Å². The number of carbonyl (C=O) groups excluding carboxylic acids is 2. The molecule has 2 amide bonds. The summed E-state index contributed by atoms with van der Waals surface area (Å²) in [5.74, 6) is 0.167. The van der Waals surface area contributed by atoms with E-state index in [1.165, 1.54) is 0 Å². The number of fused-ring (bicyclic) bond motifs is 1. The number of hydrogen-bond donors (Lipinski definition) is 2. The van der Waals surface area contributed by atoms with E-state index in [-0.39, 0.29) is 18.4 Å². The van der Waals surface area contributed by atoms with Gasteiger partial charge in [-0.3, -0.25) is 9.59 Å². The van der Waals surface area contributed by atoms with Crippen molar-refractivity contribution in [2.45, 2.75) is 0 Å². The van der Waals surface area contributed by atoms with E-state index in [9.17, 15) is 9.59 Å². The molecule has 1 aliphatic heterocycles. The van der Waals surface area contributed by atoms with E-state index in [1.807, 2.05) is 42.5 Å². The number of hydrogen-bond acceptors (Lipinski definition) is 3. The minimum Gasteiger partial charge on any atom is -0.482 e. The van der Waals surface area contributed by atoms with Crippen molar-refractivity contribution in [2.24, 2.45) is 0 Å². The van der Waals surface area contributed by atoms with Gasteiger partial charge in [0.2, 0.25) is 0 Å². The van der Waals surface area contributed by atoms with Crippen LogP contribution in [0.2, 0.25) is 0 Å². The Bertz CT molecular complexity index is 966. The number of ether oxygens (including phenoxy) is 1. The molecule has 0 saturated heterocycles. The number of benzene rings is 3. The molecule has 0 saturated carbocycles. The van der Waals surface area contributed by atoms with Gasteiger partial charge >= 0.3 is 0 Å². The van der Waals surface area contributed by atoms with Crippen molar-refractivity contribution in [3.05, 3.63) is 78.4 Å².